The highest BCUT2D eigenvalue weighted by Gasteiger charge is 2.56. The quantitative estimate of drug-likeness (QED) is 0.121. The van der Waals surface area contributed by atoms with E-state index in [1.807, 2.05) is 36.4 Å². The first-order chi connectivity index (χ1) is 23.4. The Labute approximate surface area is 286 Å². The van der Waals surface area contributed by atoms with Gasteiger partial charge in [0.05, 0.1) is 17.7 Å². The van der Waals surface area contributed by atoms with Crippen molar-refractivity contribution in [3.05, 3.63) is 94.5 Å². The van der Waals surface area contributed by atoms with Crippen LogP contribution in [-0.2, 0) is 33.7 Å². The van der Waals surface area contributed by atoms with Crippen LogP contribution in [0.3, 0.4) is 0 Å². The van der Waals surface area contributed by atoms with Crippen molar-refractivity contribution in [3.63, 3.8) is 0 Å². The fourth-order valence-electron chi connectivity index (χ4n) is 6.19. The smallest absolute Gasteiger partial charge is 0.416 e. The number of halogens is 6. The molecule has 1 N–H and O–H groups in total. The Morgan fingerprint density at radius 2 is 1.38 bits per heavy atom. The summed E-state index contributed by atoms with van der Waals surface area (Å²) >= 11 is 0. The molecule has 1 unspecified atom stereocenters. The van der Waals surface area contributed by atoms with Crippen molar-refractivity contribution < 1.29 is 50.1 Å². The zero-order valence-corrected chi connectivity index (χ0v) is 28.2. The van der Waals surface area contributed by atoms with Crippen LogP contribution in [0.25, 0.3) is 0 Å². The van der Waals surface area contributed by atoms with E-state index in [0.717, 1.165) is 11.1 Å². The SMILES string of the molecule is CCOC(=O)[C@H](Cc1ccc(OCCNC2[C@H]3CN(C(=O)c4cc(C(F)(F)F)cc(C(F)(F)F)c4)C[C@@H]23)cc1)Oc1ccc(C(C)(C)C)cc1. The number of carbonyl (C=O) groups excluding carboxylic acids is 2. The largest absolute Gasteiger partial charge is 0.492 e. The number of nitrogens with zero attached hydrogens (tertiary/aromatic N) is 1. The summed E-state index contributed by atoms with van der Waals surface area (Å²) in [6, 6.07) is 16.0. The van der Waals surface area contributed by atoms with Gasteiger partial charge >= 0.3 is 18.3 Å². The maximum Gasteiger partial charge on any atom is 0.416 e. The number of ether oxygens (including phenoxy) is 3. The van der Waals surface area contributed by atoms with Crippen LogP contribution < -0.4 is 14.8 Å². The average molecular weight is 707 g/mol. The van der Waals surface area contributed by atoms with E-state index in [9.17, 15) is 35.9 Å². The predicted octanol–water partition coefficient (Wildman–Crippen LogP) is 7.31. The van der Waals surface area contributed by atoms with Crippen molar-refractivity contribution in [2.24, 2.45) is 11.8 Å². The van der Waals surface area contributed by atoms with Gasteiger partial charge in [0.15, 0.2) is 6.10 Å². The van der Waals surface area contributed by atoms with Gasteiger partial charge in [0.2, 0.25) is 0 Å². The average Bonchev–Trinajstić information content (AvgIpc) is 3.48. The van der Waals surface area contributed by atoms with Gasteiger partial charge in [0.25, 0.3) is 5.91 Å². The summed E-state index contributed by atoms with van der Waals surface area (Å²) in [5.74, 6) is -0.0160. The zero-order valence-electron chi connectivity index (χ0n) is 28.2. The summed E-state index contributed by atoms with van der Waals surface area (Å²) in [4.78, 5) is 26.9. The third-order valence-electron chi connectivity index (χ3n) is 8.96. The van der Waals surface area contributed by atoms with E-state index in [1.165, 1.54) is 4.90 Å². The molecule has 50 heavy (non-hydrogen) atoms. The van der Waals surface area contributed by atoms with Gasteiger partial charge in [-0.2, -0.15) is 26.3 Å². The second kappa shape index (κ2) is 14.5. The zero-order chi connectivity index (χ0) is 36.4. The molecule has 3 aromatic rings. The molecule has 1 amide bonds. The van der Waals surface area contributed by atoms with E-state index in [2.05, 4.69) is 26.1 Å². The first-order valence-electron chi connectivity index (χ1n) is 16.4. The molecule has 3 aromatic carbocycles. The topological polar surface area (TPSA) is 77.1 Å². The van der Waals surface area contributed by atoms with Crippen LogP contribution in [0.2, 0.25) is 0 Å². The summed E-state index contributed by atoms with van der Waals surface area (Å²) < 4.78 is 96.5. The standard InChI is InChI=1S/C37H40F6N2O5/c1-5-48-34(47)31(50-28-12-8-24(9-13-28)35(2,3)4)16-22-6-10-27(11-7-22)49-15-14-44-32-29-20-45(21-30(29)32)33(46)23-17-25(36(38,39)40)19-26(18-23)37(41,42)43/h6-13,17-19,29-32,44H,5,14-16,20-21H2,1-4H3/t29-,30+,31-,32?/m0/s1. The normalized spacial score (nSPS) is 19.5. The molecule has 5 rings (SSSR count). The Morgan fingerprint density at radius 1 is 0.820 bits per heavy atom. The lowest BCUT2D eigenvalue weighted by Gasteiger charge is -2.22. The maximum atomic E-state index is 13.2. The lowest BCUT2D eigenvalue weighted by atomic mass is 9.87. The fourth-order valence-corrected chi connectivity index (χ4v) is 6.19. The molecule has 2 fully saturated rings. The van der Waals surface area contributed by atoms with Crippen molar-refractivity contribution in [3.8, 4) is 11.5 Å². The molecular formula is C37H40F6N2O5. The van der Waals surface area contributed by atoms with E-state index in [0.29, 0.717) is 43.2 Å². The molecule has 1 heterocycles. The van der Waals surface area contributed by atoms with E-state index in [-0.39, 0.29) is 49.1 Å². The minimum absolute atomic E-state index is 0.0140. The second-order valence-electron chi connectivity index (χ2n) is 13.6. The third kappa shape index (κ3) is 9.09. The molecule has 270 valence electrons. The van der Waals surface area contributed by atoms with Crippen LogP contribution in [0.5, 0.6) is 11.5 Å². The molecular weight excluding hydrogens is 666 g/mol. The molecule has 0 radical (unpaired) electrons. The summed E-state index contributed by atoms with van der Waals surface area (Å²) in [6.45, 7) is 9.61. The number of carbonyl (C=O) groups is 2. The number of amides is 1. The maximum absolute atomic E-state index is 13.2. The Bertz CT molecular complexity index is 1610. The number of nitrogens with one attached hydrogen (secondary N) is 1. The van der Waals surface area contributed by atoms with Crippen LogP contribution in [-0.4, -0.2) is 61.8 Å². The van der Waals surface area contributed by atoms with E-state index >= 15 is 0 Å². The highest BCUT2D eigenvalue weighted by Crippen LogP contribution is 2.46. The number of rotatable bonds is 12. The minimum atomic E-state index is -5.02. The van der Waals surface area contributed by atoms with Gasteiger partial charge in [0, 0.05) is 37.7 Å². The Morgan fingerprint density at radius 3 is 1.90 bits per heavy atom. The third-order valence-corrected chi connectivity index (χ3v) is 8.96. The van der Waals surface area contributed by atoms with Crippen LogP contribution in [0, 0.1) is 11.8 Å². The first kappa shape index (κ1) is 37.0. The molecule has 13 heteroatoms. The number of alkyl halides is 6. The van der Waals surface area contributed by atoms with Crippen molar-refractivity contribution in [2.45, 2.75) is 64.0 Å². The first-order valence-corrected chi connectivity index (χ1v) is 16.4. The number of esters is 1. The molecule has 1 saturated carbocycles. The number of hydrogen-bond acceptors (Lipinski definition) is 6. The number of benzene rings is 3. The van der Waals surface area contributed by atoms with Gasteiger partial charge in [-0.3, -0.25) is 4.79 Å². The van der Waals surface area contributed by atoms with Gasteiger partial charge in [-0.05, 0) is 77.8 Å². The molecule has 4 atom stereocenters. The van der Waals surface area contributed by atoms with E-state index in [1.54, 1.807) is 19.1 Å². The van der Waals surface area contributed by atoms with Crippen LogP contribution in [0.1, 0.15) is 60.3 Å². The van der Waals surface area contributed by atoms with Gasteiger partial charge in [-0.25, -0.2) is 4.79 Å². The number of fused-ring (bicyclic) bond motifs is 1. The lowest BCUT2D eigenvalue weighted by Crippen LogP contribution is -2.36. The van der Waals surface area contributed by atoms with Gasteiger partial charge in [-0.15, -0.1) is 0 Å². The number of likely N-dealkylation sites (tertiary alicyclic amines) is 1. The van der Waals surface area contributed by atoms with E-state index in [4.69, 9.17) is 14.2 Å². The van der Waals surface area contributed by atoms with Crippen molar-refractivity contribution in [1.29, 1.82) is 0 Å². The predicted molar refractivity (Wildman–Crippen MR) is 173 cm³/mol. The molecule has 1 saturated heterocycles. The molecule has 0 bridgehead atoms. The minimum Gasteiger partial charge on any atom is -0.492 e. The molecule has 1 aliphatic carbocycles. The summed E-state index contributed by atoms with van der Waals surface area (Å²) in [5, 5.41) is 3.35. The van der Waals surface area contributed by atoms with Crippen molar-refractivity contribution >= 4 is 11.9 Å². The van der Waals surface area contributed by atoms with Crippen LogP contribution >= 0.6 is 0 Å². The lowest BCUT2D eigenvalue weighted by molar-refractivity contribution is -0.151. The highest BCUT2D eigenvalue weighted by molar-refractivity contribution is 5.95. The van der Waals surface area contributed by atoms with Gasteiger partial charge < -0.3 is 24.4 Å². The van der Waals surface area contributed by atoms with Gasteiger partial charge in [-0.1, -0.05) is 45.0 Å². The molecule has 0 aromatic heterocycles. The Balaban J connectivity index is 1.07. The summed E-state index contributed by atoms with van der Waals surface area (Å²) in [7, 11) is 0. The highest BCUT2D eigenvalue weighted by atomic mass is 19.4. The Hall–Kier alpha value is -4.26. The summed E-state index contributed by atoms with van der Waals surface area (Å²) in [5.41, 5.74) is -1.67. The molecule has 1 aliphatic heterocycles. The van der Waals surface area contributed by atoms with Gasteiger partial charge in [0.1, 0.15) is 18.1 Å². The Kier molecular flexibility index (Phi) is 10.8. The molecule has 2 aliphatic rings. The van der Waals surface area contributed by atoms with E-state index < -0.39 is 47.0 Å². The van der Waals surface area contributed by atoms with Crippen molar-refractivity contribution in [2.75, 3.05) is 32.8 Å². The molecule has 7 nitrogen and oxygen atoms in total. The summed E-state index contributed by atoms with van der Waals surface area (Å²) in [6.07, 6.45) is -10.6. The molecule has 0 spiro atoms. The van der Waals surface area contributed by atoms with Crippen molar-refractivity contribution in [1.82, 2.24) is 10.2 Å². The second-order valence-corrected chi connectivity index (χ2v) is 13.6. The van der Waals surface area contributed by atoms with Crippen LogP contribution in [0.15, 0.2) is 66.7 Å². The fraction of sp³-hybridized carbons (Fsp3) is 0.459. The number of hydrogen-bond donors (Lipinski definition) is 1. The monoisotopic (exact) mass is 706 g/mol. The number of piperidine rings is 1. The van der Waals surface area contributed by atoms with Crippen LogP contribution in [0.4, 0.5) is 26.3 Å².